The molecule has 0 N–H and O–H groups in total. The molecule has 0 aliphatic carbocycles. The van der Waals surface area contributed by atoms with E-state index >= 15 is 0 Å². The number of hydrogen-bond donors (Lipinski definition) is 0. The molecule has 0 saturated heterocycles. The SMILES string of the molecule is Clc1ccc(Cc2nc(-c3ccc(Br)cc3)no2)cc1. The van der Waals surface area contributed by atoms with Gasteiger partial charge in [0, 0.05) is 15.1 Å². The molecule has 0 unspecified atom stereocenters. The Morgan fingerprint density at radius 3 is 2.40 bits per heavy atom. The summed E-state index contributed by atoms with van der Waals surface area (Å²) in [5.74, 6) is 1.19. The van der Waals surface area contributed by atoms with Gasteiger partial charge in [0.05, 0.1) is 6.42 Å². The van der Waals surface area contributed by atoms with Gasteiger partial charge in [0.1, 0.15) is 0 Å². The lowest BCUT2D eigenvalue weighted by atomic mass is 10.1. The van der Waals surface area contributed by atoms with E-state index in [1.54, 1.807) is 0 Å². The molecule has 1 heterocycles. The number of halogens is 2. The summed E-state index contributed by atoms with van der Waals surface area (Å²) in [6.07, 6.45) is 0.598. The van der Waals surface area contributed by atoms with Crippen LogP contribution in [0.1, 0.15) is 11.5 Å². The molecule has 0 bridgehead atoms. The number of aromatic nitrogens is 2. The molecule has 0 aliphatic rings. The second-order valence-electron chi connectivity index (χ2n) is 4.32. The van der Waals surface area contributed by atoms with Crippen LogP contribution in [0.4, 0.5) is 0 Å². The maximum absolute atomic E-state index is 5.86. The summed E-state index contributed by atoms with van der Waals surface area (Å²) in [5.41, 5.74) is 2.01. The average Bonchev–Trinajstić information content (AvgIpc) is 2.91. The van der Waals surface area contributed by atoms with Gasteiger partial charge in [-0.3, -0.25) is 0 Å². The Balaban J connectivity index is 1.80. The molecule has 0 fully saturated rings. The van der Waals surface area contributed by atoms with Crippen LogP contribution in [0.15, 0.2) is 57.5 Å². The molecule has 5 heteroatoms. The summed E-state index contributed by atoms with van der Waals surface area (Å²) in [5, 5.41) is 4.72. The van der Waals surface area contributed by atoms with E-state index in [2.05, 4.69) is 26.1 Å². The topological polar surface area (TPSA) is 38.9 Å². The standard InChI is InChI=1S/C15H10BrClN2O/c16-12-5-3-11(4-6-12)15-18-14(20-19-15)9-10-1-7-13(17)8-2-10/h1-8H,9H2. The predicted octanol–water partition coefficient (Wildman–Crippen LogP) is 4.74. The Morgan fingerprint density at radius 1 is 1.00 bits per heavy atom. The van der Waals surface area contributed by atoms with Crippen molar-refractivity contribution in [1.29, 1.82) is 0 Å². The Labute approximate surface area is 129 Å². The Hall–Kier alpha value is -1.65. The van der Waals surface area contributed by atoms with Gasteiger partial charge < -0.3 is 4.52 Å². The van der Waals surface area contributed by atoms with Gasteiger partial charge in [-0.25, -0.2) is 0 Å². The van der Waals surface area contributed by atoms with E-state index in [-0.39, 0.29) is 0 Å². The van der Waals surface area contributed by atoms with Gasteiger partial charge in [-0.1, -0.05) is 44.8 Å². The normalized spacial score (nSPS) is 10.7. The van der Waals surface area contributed by atoms with Crippen LogP contribution in [0.2, 0.25) is 5.02 Å². The summed E-state index contributed by atoms with van der Waals surface area (Å²) in [6.45, 7) is 0. The Morgan fingerprint density at radius 2 is 1.70 bits per heavy atom. The Bertz CT molecular complexity index is 707. The van der Waals surface area contributed by atoms with Crippen LogP contribution in [0.5, 0.6) is 0 Å². The second kappa shape index (κ2) is 5.77. The third-order valence-corrected chi connectivity index (χ3v) is 3.62. The van der Waals surface area contributed by atoms with E-state index in [1.165, 1.54) is 0 Å². The van der Waals surface area contributed by atoms with Gasteiger partial charge in [0.25, 0.3) is 0 Å². The maximum Gasteiger partial charge on any atom is 0.231 e. The highest BCUT2D eigenvalue weighted by molar-refractivity contribution is 9.10. The van der Waals surface area contributed by atoms with Crippen LogP contribution in [0, 0.1) is 0 Å². The van der Waals surface area contributed by atoms with Crippen molar-refractivity contribution in [2.45, 2.75) is 6.42 Å². The van der Waals surface area contributed by atoms with Crippen molar-refractivity contribution in [3.8, 4) is 11.4 Å². The van der Waals surface area contributed by atoms with Crippen LogP contribution < -0.4 is 0 Å². The summed E-state index contributed by atoms with van der Waals surface area (Å²) in [4.78, 5) is 4.40. The van der Waals surface area contributed by atoms with Gasteiger partial charge in [-0.05, 0) is 42.0 Å². The van der Waals surface area contributed by atoms with Crippen molar-refractivity contribution < 1.29 is 4.52 Å². The first-order valence-corrected chi connectivity index (χ1v) is 7.21. The van der Waals surface area contributed by atoms with Crippen molar-refractivity contribution in [1.82, 2.24) is 10.1 Å². The number of hydrogen-bond acceptors (Lipinski definition) is 3. The molecule has 1 aromatic heterocycles. The highest BCUT2D eigenvalue weighted by atomic mass is 79.9. The molecular weight excluding hydrogens is 340 g/mol. The summed E-state index contributed by atoms with van der Waals surface area (Å²) in [7, 11) is 0. The van der Waals surface area contributed by atoms with Gasteiger partial charge >= 0.3 is 0 Å². The maximum atomic E-state index is 5.86. The predicted molar refractivity (Wildman–Crippen MR) is 81.7 cm³/mol. The molecule has 0 saturated carbocycles. The fourth-order valence-corrected chi connectivity index (χ4v) is 2.21. The van der Waals surface area contributed by atoms with Gasteiger partial charge in [0.15, 0.2) is 0 Å². The van der Waals surface area contributed by atoms with E-state index in [0.717, 1.165) is 20.6 Å². The van der Waals surface area contributed by atoms with Crippen LogP contribution in [0.25, 0.3) is 11.4 Å². The minimum Gasteiger partial charge on any atom is -0.339 e. The molecule has 0 amide bonds. The van der Waals surface area contributed by atoms with E-state index < -0.39 is 0 Å². The second-order valence-corrected chi connectivity index (χ2v) is 5.67. The summed E-state index contributed by atoms with van der Waals surface area (Å²) >= 11 is 9.25. The van der Waals surface area contributed by atoms with E-state index in [0.29, 0.717) is 18.1 Å². The molecule has 3 nitrogen and oxygen atoms in total. The number of benzene rings is 2. The highest BCUT2D eigenvalue weighted by Gasteiger charge is 2.09. The third-order valence-electron chi connectivity index (χ3n) is 2.84. The molecule has 0 spiro atoms. The molecule has 0 aliphatic heterocycles. The van der Waals surface area contributed by atoms with Crippen LogP contribution >= 0.6 is 27.5 Å². The van der Waals surface area contributed by atoms with Crippen molar-refractivity contribution in [3.05, 3.63) is 69.5 Å². The summed E-state index contributed by atoms with van der Waals surface area (Å²) < 4.78 is 6.30. The van der Waals surface area contributed by atoms with Crippen molar-refractivity contribution >= 4 is 27.5 Å². The fraction of sp³-hybridized carbons (Fsp3) is 0.0667. The lowest BCUT2D eigenvalue weighted by molar-refractivity contribution is 0.385. The van der Waals surface area contributed by atoms with E-state index in [1.807, 2.05) is 48.5 Å². The minimum absolute atomic E-state index is 0.588. The van der Waals surface area contributed by atoms with Crippen LogP contribution in [-0.4, -0.2) is 10.1 Å². The van der Waals surface area contributed by atoms with E-state index in [4.69, 9.17) is 16.1 Å². The quantitative estimate of drug-likeness (QED) is 0.685. The number of nitrogens with zero attached hydrogens (tertiary/aromatic N) is 2. The summed E-state index contributed by atoms with van der Waals surface area (Å²) in [6, 6.07) is 15.4. The van der Waals surface area contributed by atoms with Crippen molar-refractivity contribution in [2.75, 3.05) is 0 Å². The number of rotatable bonds is 3. The zero-order valence-corrected chi connectivity index (χ0v) is 12.7. The van der Waals surface area contributed by atoms with Gasteiger partial charge in [-0.2, -0.15) is 4.98 Å². The first-order chi connectivity index (χ1) is 9.70. The smallest absolute Gasteiger partial charge is 0.231 e. The van der Waals surface area contributed by atoms with E-state index in [9.17, 15) is 0 Å². The zero-order valence-electron chi connectivity index (χ0n) is 10.4. The molecule has 3 rings (SSSR count). The zero-order chi connectivity index (χ0) is 13.9. The monoisotopic (exact) mass is 348 g/mol. The lowest BCUT2D eigenvalue weighted by Crippen LogP contribution is -1.88. The molecule has 2 aromatic carbocycles. The Kier molecular flexibility index (Phi) is 3.85. The first kappa shape index (κ1) is 13.3. The van der Waals surface area contributed by atoms with Crippen molar-refractivity contribution in [3.63, 3.8) is 0 Å². The molecule has 3 aromatic rings. The fourth-order valence-electron chi connectivity index (χ4n) is 1.82. The van der Waals surface area contributed by atoms with Crippen LogP contribution in [-0.2, 0) is 6.42 Å². The molecule has 100 valence electrons. The first-order valence-electron chi connectivity index (χ1n) is 6.04. The van der Waals surface area contributed by atoms with Crippen molar-refractivity contribution in [2.24, 2.45) is 0 Å². The largest absolute Gasteiger partial charge is 0.339 e. The van der Waals surface area contributed by atoms with Gasteiger partial charge in [-0.15, -0.1) is 0 Å². The molecule has 0 radical (unpaired) electrons. The molecule has 20 heavy (non-hydrogen) atoms. The molecular formula is C15H10BrClN2O. The lowest BCUT2D eigenvalue weighted by Gasteiger charge is -1.96. The highest BCUT2D eigenvalue weighted by Crippen LogP contribution is 2.20. The van der Waals surface area contributed by atoms with Gasteiger partial charge in [0.2, 0.25) is 11.7 Å². The minimum atomic E-state index is 0.588. The van der Waals surface area contributed by atoms with Crippen LogP contribution in [0.3, 0.4) is 0 Å². The molecule has 0 atom stereocenters. The average molecular weight is 350 g/mol. The third kappa shape index (κ3) is 3.08.